The first-order valence-electron chi connectivity index (χ1n) is 8.49. The molecule has 1 aromatic rings. The number of nitrogens with zero attached hydrogens (tertiary/aromatic N) is 1. The Morgan fingerprint density at radius 2 is 2.17 bits per heavy atom. The predicted molar refractivity (Wildman–Crippen MR) is 110 cm³/mol. The van der Waals surface area contributed by atoms with Crippen molar-refractivity contribution in [2.24, 2.45) is 4.99 Å². The molecule has 2 rings (SSSR count). The molecule has 2 unspecified atom stereocenters. The van der Waals surface area contributed by atoms with Crippen molar-refractivity contribution in [3.63, 3.8) is 0 Å². The maximum Gasteiger partial charge on any atom is 0.191 e. The summed E-state index contributed by atoms with van der Waals surface area (Å²) in [5, 5.41) is 6.72. The molecule has 1 aromatic carbocycles. The van der Waals surface area contributed by atoms with Crippen LogP contribution in [0, 0.1) is 0 Å². The summed E-state index contributed by atoms with van der Waals surface area (Å²) in [4.78, 5) is 4.27. The van der Waals surface area contributed by atoms with E-state index in [-0.39, 0.29) is 30.1 Å². The number of nitrogens with one attached hydrogen (secondary N) is 2. The summed E-state index contributed by atoms with van der Waals surface area (Å²) < 4.78 is 11.7. The first-order chi connectivity index (χ1) is 11.1. The van der Waals surface area contributed by atoms with Gasteiger partial charge in [0, 0.05) is 37.2 Å². The third kappa shape index (κ3) is 5.43. The quantitative estimate of drug-likeness (QED) is 0.398. The molecule has 1 heterocycles. The average Bonchev–Trinajstić information content (AvgIpc) is 2.90. The lowest BCUT2D eigenvalue weighted by atomic mass is 10.1. The van der Waals surface area contributed by atoms with Gasteiger partial charge in [-0.25, -0.2) is 0 Å². The second-order valence-corrected chi connectivity index (χ2v) is 6.01. The standard InChI is InChI=1S/C18H29N3O2.HI/c1-6-12(3)21-18(19-5)20-11-15-10-17-14(8-13(4)23-17)9-16(15)22-7-2;/h9-10,12-13H,6-8,11H2,1-5H3,(H2,19,20,21);1H. The molecular formula is C18H30IN3O2. The molecule has 6 heteroatoms. The smallest absolute Gasteiger partial charge is 0.191 e. The number of halogens is 1. The lowest BCUT2D eigenvalue weighted by molar-refractivity contribution is 0.254. The van der Waals surface area contributed by atoms with Crippen LogP contribution in [0.25, 0.3) is 0 Å². The molecule has 0 saturated heterocycles. The van der Waals surface area contributed by atoms with E-state index in [2.05, 4.69) is 48.5 Å². The Morgan fingerprint density at radius 3 is 2.79 bits per heavy atom. The molecule has 0 radical (unpaired) electrons. The zero-order chi connectivity index (χ0) is 16.8. The molecular weight excluding hydrogens is 417 g/mol. The second-order valence-electron chi connectivity index (χ2n) is 6.01. The van der Waals surface area contributed by atoms with Gasteiger partial charge in [0.25, 0.3) is 0 Å². The zero-order valence-electron chi connectivity index (χ0n) is 15.3. The minimum atomic E-state index is 0. The van der Waals surface area contributed by atoms with Crippen LogP contribution in [-0.2, 0) is 13.0 Å². The Kier molecular flexibility index (Phi) is 8.66. The topological polar surface area (TPSA) is 54.9 Å². The Hall–Kier alpha value is -1.18. The van der Waals surface area contributed by atoms with Crippen LogP contribution in [-0.4, -0.2) is 31.8 Å². The number of benzene rings is 1. The summed E-state index contributed by atoms with van der Waals surface area (Å²) in [6.45, 7) is 9.70. The summed E-state index contributed by atoms with van der Waals surface area (Å²) in [5.41, 5.74) is 2.32. The normalized spacial score (nSPS) is 17.4. The molecule has 0 saturated carbocycles. The monoisotopic (exact) mass is 447 g/mol. The lowest BCUT2D eigenvalue weighted by Crippen LogP contribution is -2.41. The number of hydrogen-bond acceptors (Lipinski definition) is 3. The third-order valence-electron chi connectivity index (χ3n) is 4.04. The minimum Gasteiger partial charge on any atom is -0.494 e. The molecule has 0 fully saturated rings. The van der Waals surface area contributed by atoms with E-state index in [1.165, 1.54) is 5.56 Å². The summed E-state index contributed by atoms with van der Waals surface area (Å²) in [6, 6.07) is 4.59. The maximum absolute atomic E-state index is 5.87. The lowest BCUT2D eigenvalue weighted by Gasteiger charge is -2.18. The van der Waals surface area contributed by atoms with Gasteiger partial charge in [-0.3, -0.25) is 4.99 Å². The molecule has 0 spiro atoms. The molecule has 2 atom stereocenters. The van der Waals surface area contributed by atoms with Crippen LogP contribution in [0.5, 0.6) is 11.5 Å². The molecule has 5 nitrogen and oxygen atoms in total. The fraction of sp³-hybridized carbons (Fsp3) is 0.611. The molecule has 0 bridgehead atoms. The first-order valence-corrected chi connectivity index (χ1v) is 8.49. The van der Waals surface area contributed by atoms with E-state index in [4.69, 9.17) is 9.47 Å². The highest BCUT2D eigenvalue weighted by molar-refractivity contribution is 14.0. The van der Waals surface area contributed by atoms with Crippen LogP contribution in [0.2, 0.25) is 0 Å². The molecule has 1 aliphatic rings. The van der Waals surface area contributed by atoms with E-state index in [9.17, 15) is 0 Å². The fourth-order valence-corrected chi connectivity index (χ4v) is 2.62. The molecule has 24 heavy (non-hydrogen) atoms. The van der Waals surface area contributed by atoms with Crippen molar-refractivity contribution in [1.29, 1.82) is 0 Å². The van der Waals surface area contributed by atoms with E-state index >= 15 is 0 Å². The van der Waals surface area contributed by atoms with Crippen molar-refractivity contribution in [2.45, 2.75) is 59.2 Å². The van der Waals surface area contributed by atoms with Crippen molar-refractivity contribution >= 4 is 29.9 Å². The number of fused-ring (bicyclic) bond motifs is 1. The molecule has 0 amide bonds. The molecule has 1 aliphatic heterocycles. The van der Waals surface area contributed by atoms with Gasteiger partial charge in [-0.1, -0.05) is 6.92 Å². The molecule has 0 aliphatic carbocycles. The van der Waals surface area contributed by atoms with Crippen LogP contribution in [0.3, 0.4) is 0 Å². The Labute approximate surface area is 162 Å². The summed E-state index contributed by atoms with van der Waals surface area (Å²) in [7, 11) is 1.79. The SMILES string of the molecule is CCOc1cc2c(cc1CNC(=NC)NC(C)CC)OC(C)C2.I. The fourth-order valence-electron chi connectivity index (χ4n) is 2.62. The molecule has 2 N–H and O–H groups in total. The van der Waals surface area contributed by atoms with Crippen molar-refractivity contribution in [3.8, 4) is 11.5 Å². The predicted octanol–water partition coefficient (Wildman–Crippen LogP) is 3.49. The number of aliphatic imine (C=N–C) groups is 1. The highest BCUT2D eigenvalue weighted by Gasteiger charge is 2.21. The van der Waals surface area contributed by atoms with Crippen LogP contribution in [0.1, 0.15) is 45.2 Å². The molecule has 0 aromatic heterocycles. The summed E-state index contributed by atoms with van der Waals surface area (Å²) in [5.74, 6) is 2.70. The van der Waals surface area contributed by atoms with Gasteiger partial charge in [-0.05, 0) is 39.3 Å². The van der Waals surface area contributed by atoms with Crippen molar-refractivity contribution in [2.75, 3.05) is 13.7 Å². The van der Waals surface area contributed by atoms with Crippen LogP contribution >= 0.6 is 24.0 Å². The largest absolute Gasteiger partial charge is 0.494 e. The summed E-state index contributed by atoms with van der Waals surface area (Å²) in [6.07, 6.45) is 2.23. The van der Waals surface area contributed by atoms with Crippen molar-refractivity contribution in [1.82, 2.24) is 10.6 Å². The van der Waals surface area contributed by atoms with Gasteiger partial charge in [0.05, 0.1) is 6.61 Å². The van der Waals surface area contributed by atoms with Gasteiger partial charge in [0.1, 0.15) is 17.6 Å². The van der Waals surface area contributed by atoms with Gasteiger partial charge >= 0.3 is 0 Å². The van der Waals surface area contributed by atoms with E-state index < -0.39 is 0 Å². The Bertz CT molecular complexity index is 563. The van der Waals surface area contributed by atoms with Crippen LogP contribution in [0.4, 0.5) is 0 Å². The Balaban J connectivity index is 0.00000288. The average molecular weight is 447 g/mol. The Morgan fingerprint density at radius 1 is 1.42 bits per heavy atom. The number of rotatable bonds is 6. The van der Waals surface area contributed by atoms with Crippen LogP contribution < -0.4 is 20.1 Å². The number of ether oxygens (including phenoxy) is 2. The minimum absolute atomic E-state index is 0. The van der Waals surface area contributed by atoms with E-state index in [0.29, 0.717) is 19.2 Å². The summed E-state index contributed by atoms with van der Waals surface area (Å²) >= 11 is 0. The van der Waals surface area contributed by atoms with Gasteiger partial charge in [-0.2, -0.15) is 0 Å². The first kappa shape index (κ1) is 20.9. The van der Waals surface area contributed by atoms with E-state index in [0.717, 1.165) is 35.9 Å². The molecule has 136 valence electrons. The van der Waals surface area contributed by atoms with Crippen LogP contribution in [0.15, 0.2) is 17.1 Å². The van der Waals surface area contributed by atoms with E-state index in [1.54, 1.807) is 7.05 Å². The van der Waals surface area contributed by atoms with Gasteiger partial charge in [0.15, 0.2) is 5.96 Å². The van der Waals surface area contributed by atoms with E-state index in [1.807, 2.05) is 6.92 Å². The number of hydrogen-bond donors (Lipinski definition) is 2. The van der Waals surface area contributed by atoms with Gasteiger partial charge in [-0.15, -0.1) is 24.0 Å². The van der Waals surface area contributed by atoms with Crippen molar-refractivity contribution < 1.29 is 9.47 Å². The van der Waals surface area contributed by atoms with Crippen molar-refractivity contribution in [3.05, 3.63) is 23.3 Å². The number of guanidine groups is 1. The highest BCUT2D eigenvalue weighted by atomic mass is 127. The van der Waals surface area contributed by atoms with Gasteiger partial charge < -0.3 is 20.1 Å². The maximum atomic E-state index is 5.87. The highest BCUT2D eigenvalue weighted by Crippen LogP contribution is 2.35. The third-order valence-corrected chi connectivity index (χ3v) is 4.04. The zero-order valence-corrected chi connectivity index (χ0v) is 17.6. The van der Waals surface area contributed by atoms with Gasteiger partial charge in [0.2, 0.25) is 0 Å². The second kappa shape index (κ2) is 9.96.